The first-order valence-corrected chi connectivity index (χ1v) is 13.9. The zero-order valence-electron chi connectivity index (χ0n) is 24.2. The van der Waals surface area contributed by atoms with Crippen molar-refractivity contribution in [2.75, 3.05) is 25.0 Å². The number of hydrogen-bond donors (Lipinski definition) is 6. The highest BCUT2D eigenvalue weighted by atomic mass is 16.4. The highest BCUT2D eigenvalue weighted by Gasteiger charge is 2.22. The van der Waals surface area contributed by atoms with Crippen molar-refractivity contribution in [2.24, 2.45) is 0 Å². The minimum atomic E-state index is -1.23. The molecule has 0 aliphatic rings. The molecule has 0 saturated carbocycles. The molecular weight excluding hydrogens is 566 g/mol. The summed E-state index contributed by atoms with van der Waals surface area (Å²) in [5, 5.41) is 20.9. The summed E-state index contributed by atoms with van der Waals surface area (Å²) in [7, 11) is 0. The van der Waals surface area contributed by atoms with Gasteiger partial charge in [-0.15, -0.1) is 0 Å². The first kappa shape index (κ1) is 33.0. The number of carboxylic acid groups (broad SMARTS) is 1. The molecule has 3 rings (SSSR count). The van der Waals surface area contributed by atoms with Crippen LogP contribution in [0.5, 0.6) is 0 Å². The van der Waals surface area contributed by atoms with E-state index in [0.29, 0.717) is 5.69 Å². The van der Waals surface area contributed by atoms with Gasteiger partial charge in [-0.3, -0.25) is 28.8 Å². The number of aliphatic carboxylic acids is 1. The molecule has 0 aromatic heterocycles. The average molecular weight is 602 g/mol. The van der Waals surface area contributed by atoms with E-state index in [-0.39, 0.29) is 25.2 Å². The zero-order chi connectivity index (χ0) is 31.9. The third-order valence-corrected chi connectivity index (χ3v) is 6.37. The Morgan fingerprint density at radius 1 is 0.636 bits per heavy atom. The van der Waals surface area contributed by atoms with Crippen molar-refractivity contribution in [3.63, 3.8) is 0 Å². The Hall–Kier alpha value is -5.52. The van der Waals surface area contributed by atoms with E-state index in [9.17, 15) is 28.8 Å². The summed E-state index contributed by atoms with van der Waals surface area (Å²) in [4.78, 5) is 72.6. The fourth-order valence-electron chi connectivity index (χ4n) is 4.04. The van der Waals surface area contributed by atoms with Gasteiger partial charge >= 0.3 is 5.97 Å². The summed E-state index contributed by atoms with van der Waals surface area (Å²) in [5.41, 5.74) is 4.35. The number of carbonyl (C=O) groups is 6. The number of aryl methyl sites for hydroxylation is 1. The van der Waals surface area contributed by atoms with Gasteiger partial charge in [-0.05, 0) is 35.7 Å². The van der Waals surface area contributed by atoms with Gasteiger partial charge in [0.15, 0.2) is 0 Å². The molecule has 0 saturated heterocycles. The number of nitrogens with one attached hydrogen (secondary N) is 5. The largest absolute Gasteiger partial charge is 0.480 e. The molecule has 5 amide bonds. The Balaban J connectivity index is 1.54. The predicted octanol–water partition coefficient (Wildman–Crippen LogP) is 1.54. The van der Waals surface area contributed by atoms with Crippen molar-refractivity contribution < 1.29 is 33.9 Å². The number of anilines is 1. The fourth-order valence-corrected chi connectivity index (χ4v) is 4.04. The van der Waals surface area contributed by atoms with Crippen molar-refractivity contribution in [1.29, 1.82) is 0 Å². The Morgan fingerprint density at radius 2 is 1.23 bits per heavy atom. The van der Waals surface area contributed by atoms with Crippen molar-refractivity contribution in [3.05, 3.63) is 90.0 Å². The van der Waals surface area contributed by atoms with Gasteiger partial charge in [0, 0.05) is 24.9 Å². The summed E-state index contributed by atoms with van der Waals surface area (Å²) in [6.45, 7) is 0.393. The van der Waals surface area contributed by atoms with E-state index >= 15 is 0 Å². The average Bonchev–Trinajstić information content (AvgIpc) is 3.02. The van der Waals surface area contributed by atoms with E-state index in [1.54, 1.807) is 12.1 Å². The van der Waals surface area contributed by atoms with E-state index < -0.39 is 55.3 Å². The first-order chi connectivity index (χ1) is 21.1. The van der Waals surface area contributed by atoms with E-state index in [1.807, 2.05) is 73.7 Å². The number of rotatable bonds is 15. The van der Waals surface area contributed by atoms with Crippen LogP contribution in [0.2, 0.25) is 0 Å². The maximum Gasteiger partial charge on any atom is 0.322 e. The van der Waals surface area contributed by atoms with Crippen LogP contribution in [0, 0.1) is 6.92 Å². The van der Waals surface area contributed by atoms with Gasteiger partial charge in [-0.1, -0.05) is 72.3 Å². The topological polar surface area (TPSA) is 183 Å². The predicted molar refractivity (Wildman–Crippen MR) is 163 cm³/mol. The highest BCUT2D eigenvalue weighted by molar-refractivity contribution is 5.95. The van der Waals surface area contributed by atoms with Gasteiger partial charge in [-0.25, -0.2) is 0 Å². The normalized spacial score (nSPS) is 11.0. The van der Waals surface area contributed by atoms with Gasteiger partial charge in [-0.2, -0.15) is 0 Å². The van der Waals surface area contributed by atoms with Crippen LogP contribution in [0.15, 0.2) is 78.9 Å². The molecule has 44 heavy (non-hydrogen) atoms. The van der Waals surface area contributed by atoms with Crippen molar-refractivity contribution in [3.8, 4) is 11.1 Å². The van der Waals surface area contributed by atoms with Gasteiger partial charge in [0.1, 0.15) is 12.6 Å². The monoisotopic (exact) mass is 601 g/mol. The maximum atomic E-state index is 12.9. The Labute approximate surface area is 254 Å². The van der Waals surface area contributed by atoms with E-state index in [4.69, 9.17) is 5.11 Å². The van der Waals surface area contributed by atoms with Crippen molar-refractivity contribution >= 4 is 41.2 Å². The molecule has 3 aromatic rings. The standard InChI is InChI=1S/C32H35N5O7/c1-21-7-13-25(14-8-21)36-28(39)16-15-27(38)33-19-30(41)37-26(32(44)35-18-29(40)34-20-31(42)43)17-22-9-11-24(12-10-22)23-5-3-2-4-6-23/h2-14,26H,15-20H2,1H3,(H,33,38)(H,34,40)(H,35,44)(H,36,39)(H,37,41)(H,42,43)/t26-/m1/s1. The van der Waals surface area contributed by atoms with Crippen molar-refractivity contribution in [2.45, 2.75) is 32.2 Å². The lowest BCUT2D eigenvalue weighted by Crippen LogP contribution is -2.52. The third kappa shape index (κ3) is 11.8. The number of amides is 5. The molecule has 230 valence electrons. The summed E-state index contributed by atoms with van der Waals surface area (Å²) in [6, 6.07) is 23.2. The number of carbonyl (C=O) groups excluding carboxylic acids is 5. The Kier molecular flexibility index (Phi) is 12.6. The lowest BCUT2D eigenvalue weighted by atomic mass is 10.00. The molecule has 3 aromatic carbocycles. The summed E-state index contributed by atoms with van der Waals surface area (Å²) in [5.74, 6) is -4.14. The van der Waals surface area contributed by atoms with Gasteiger partial charge in [0.25, 0.3) is 0 Å². The third-order valence-electron chi connectivity index (χ3n) is 6.37. The maximum absolute atomic E-state index is 12.9. The molecule has 12 heteroatoms. The van der Waals surface area contributed by atoms with Crippen LogP contribution >= 0.6 is 0 Å². The molecular formula is C32H35N5O7. The first-order valence-electron chi connectivity index (χ1n) is 13.9. The SMILES string of the molecule is Cc1ccc(NC(=O)CCC(=O)NCC(=O)N[C@H](Cc2ccc(-c3ccccc3)cc2)C(=O)NCC(=O)NCC(=O)O)cc1. The van der Waals surface area contributed by atoms with Crippen molar-refractivity contribution in [1.82, 2.24) is 21.3 Å². The summed E-state index contributed by atoms with van der Waals surface area (Å²) >= 11 is 0. The molecule has 0 spiro atoms. The van der Waals surface area contributed by atoms with Crippen LogP contribution in [0.25, 0.3) is 11.1 Å². The van der Waals surface area contributed by atoms with Crippen LogP contribution in [0.4, 0.5) is 5.69 Å². The molecule has 0 bridgehead atoms. The molecule has 0 aliphatic heterocycles. The highest BCUT2D eigenvalue weighted by Crippen LogP contribution is 2.19. The molecule has 0 heterocycles. The van der Waals surface area contributed by atoms with Crippen LogP contribution < -0.4 is 26.6 Å². The Bertz CT molecular complexity index is 1460. The molecule has 0 unspecified atom stereocenters. The molecule has 0 fully saturated rings. The second-order valence-electron chi connectivity index (χ2n) is 9.97. The second kappa shape index (κ2) is 16.8. The van der Waals surface area contributed by atoms with Crippen LogP contribution in [-0.4, -0.2) is 66.3 Å². The number of carboxylic acids is 1. The number of hydrogen-bond acceptors (Lipinski definition) is 6. The minimum Gasteiger partial charge on any atom is -0.480 e. The second-order valence-corrected chi connectivity index (χ2v) is 9.97. The summed E-state index contributed by atoms with van der Waals surface area (Å²) in [6.07, 6.45) is -0.153. The minimum absolute atomic E-state index is 0.0799. The summed E-state index contributed by atoms with van der Waals surface area (Å²) < 4.78 is 0. The van der Waals surface area contributed by atoms with E-state index in [0.717, 1.165) is 22.3 Å². The molecule has 0 radical (unpaired) electrons. The van der Waals surface area contributed by atoms with Crippen LogP contribution in [-0.2, 0) is 35.2 Å². The quantitative estimate of drug-likeness (QED) is 0.153. The van der Waals surface area contributed by atoms with E-state index in [2.05, 4.69) is 26.6 Å². The van der Waals surface area contributed by atoms with Crippen LogP contribution in [0.3, 0.4) is 0 Å². The zero-order valence-corrected chi connectivity index (χ0v) is 24.2. The Morgan fingerprint density at radius 3 is 1.89 bits per heavy atom. The van der Waals surface area contributed by atoms with E-state index in [1.165, 1.54) is 0 Å². The molecule has 6 N–H and O–H groups in total. The number of benzene rings is 3. The van der Waals surface area contributed by atoms with Gasteiger partial charge in [0.2, 0.25) is 29.5 Å². The lowest BCUT2D eigenvalue weighted by molar-refractivity contribution is -0.138. The molecule has 1 atom stereocenters. The lowest BCUT2D eigenvalue weighted by Gasteiger charge is -2.19. The van der Waals surface area contributed by atoms with Crippen LogP contribution in [0.1, 0.15) is 24.0 Å². The molecule has 0 aliphatic carbocycles. The molecule has 12 nitrogen and oxygen atoms in total. The smallest absolute Gasteiger partial charge is 0.322 e. The fraction of sp³-hybridized carbons (Fsp3) is 0.250. The van der Waals surface area contributed by atoms with Gasteiger partial charge in [0.05, 0.1) is 13.1 Å². The van der Waals surface area contributed by atoms with Gasteiger partial charge < -0.3 is 31.7 Å².